The third-order valence-corrected chi connectivity index (χ3v) is 5.11. The minimum absolute atomic E-state index is 0.0847. The van der Waals surface area contributed by atoms with Gasteiger partial charge in [-0.2, -0.15) is 0 Å². The molecule has 2 aromatic rings. The third kappa shape index (κ3) is 2.84. The number of aromatic nitrogens is 2. The van der Waals surface area contributed by atoms with E-state index < -0.39 is 0 Å². The highest BCUT2D eigenvalue weighted by Gasteiger charge is 2.25. The molecule has 0 radical (unpaired) electrons. The lowest BCUT2D eigenvalue weighted by Gasteiger charge is -2.29. The van der Waals surface area contributed by atoms with Crippen LogP contribution in [-0.2, 0) is 6.54 Å². The van der Waals surface area contributed by atoms with Crippen LogP contribution in [0, 0.1) is 11.3 Å². The molecule has 2 heterocycles. The highest BCUT2D eigenvalue weighted by atomic mass is 79.9. The topological polar surface area (TPSA) is 54.9 Å². The second kappa shape index (κ2) is 5.25. The van der Waals surface area contributed by atoms with Crippen molar-refractivity contribution in [3.8, 4) is 0 Å². The molecule has 0 fully saturated rings. The quantitative estimate of drug-likeness (QED) is 0.870. The largest absolute Gasteiger partial charge is 0.328 e. The van der Waals surface area contributed by atoms with E-state index in [-0.39, 0.29) is 16.7 Å². The van der Waals surface area contributed by atoms with Gasteiger partial charge in [-0.15, -0.1) is 11.3 Å². The first-order valence-corrected chi connectivity index (χ1v) is 8.11. The minimum Gasteiger partial charge on any atom is -0.292 e. The maximum Gasteiger partial charge on any atom is 0.328 e. The summed E-state index contributed by atoms with van der Waals surface area (Å²) in [4.78, 5) is 26.1. The van der Waals surface area contributed by atoms with Crippen molar-refractivity contribution >= 4 is 37.5 Å². The van der Waals surface area contributed by atoms with Crippen LogP contribution in [0.5, 0.6) is 0 Å². The zero-order valence-corrected chi connectivity index (χ0v) is 13.6. The molecule has 0 spiro atoms. The normalized spacial score (nSPS) is 13.9. The van der Waals surface area contributed by atoms with Gasteiger partial charge in [0.1, 0.15) is 4.70 Å². The first kappa shape index (κ1) is 14.5. The molecule has 0 aliphatic carbocycles. The average Bonchev–Trinajstić information content (AvgIpc) is 2.76. The zero-order chi connectivity index (χ0) is 14.2. The second-order valence-corrected chi connectivity index (χ2v) is 7.29. The summed E-state index contributed by atoms with van der Waals surface area (Å²) >= 11 is 4.88. The van der Waals surface area contributed by atoms with Crippen molar-refractivity contribution in [3.05, 3.63) is 32.3 Å². The van der Waals surface area contributed by atoms with Crippen LogP contribution >= 0.6 is 27.3 Å². The van der Waals surface area contributed by atoms with Gasteiger partial charge < -0.3 is 0 Å². The first-order chi connectivity index (χ1) is 8.84. The van der Waals surface area contributed by atoms with Crippen LogP contribution in [0.4, 0.5) is 0 Å². The van der Waals surface area contributed by atoms with Crippen molar-refractivity contribution in [1.29, 1.82) is 0 Å². The highest BCUT2D eigenvalue weighted by Crippen LogP contribution is 2.29. The molecule has 0 bridgehead atoms. The number of H-pyrrole nitrogens is 1. The van der Waals surface area contributed by atoms with Crippen LogP contribution in [0.2, 0.25) is 0 Å². The number of aromatic amines is 1. The van der Waals surface area contributed by atoms with Gasteiger partial charge in [0, 0.05) is 11.9 Å². The average molecular weight is 345 g/mol. The number of alkyl halides is 1. The second-order valence-electron chi connectivity index (χ2n) is 5.72. The zero-order valence-electron chi connectivity index (χ0n) is 11.2. The van der Waals surface area contributed by atoms with E-state index in [1.54, 1.807) is 4.57 Å². The Labute approximate surface area is 123 Å². The molecule has 0 amide bonds. The van der Waals surface area contributed by atoms with Gasteiger partial charge in [-0.3, -0.25) is 14.3 Å². The predicted molar refractivity (Wildman–Crippen MR) is 83.4 cm³/mol. The molecule has 0 aromatic carbocycles. The molecule has 1 unspecified atom stereocenters. The Balaban J connectivity index is 2.54. The van der Waals surface area contributed by atoms with Crippen LogP contribution < -0.4 is 11.2 Å². The molecule has 2 rings (SSSR count). The molecular formula is C13H17BrN2O2S. The molecule has 0 saturated carbocycles. The van der Waals surface area contributed by atoms with E-state index in [0.29, 0.717) is 17.2 Å². The van der Waals surface area contributed by atoms with Gasteiger partial charge >= 0.3 is 5.69 Å². The van der Waals surface area contributed by atoms with Crippen molar-refractivity contribution in [2.24, 2.45) is 11.3 Å². The van der Waals surface area contributed by atoms with E-state index in [2.05, 4.69) is 41.7 Å². The number of fused-ring (bicyclic) bond motifs is 1. The van der Waals surface area contributed by atoms with Crippen molar-refractivity contribution in [3.63, 3.8) is 0 Å². The molecule has 4 nitrogen and oxygen atoms in total. The summed E-state index contributed by atoms with van der Waals surface area (Å²) in [6.07, 6.45) is 0. The number of rotatable bonds is 3. The molecule has 0 aliphatic rings. The summed E-state index contributed by atoms with van der Waals surface area (Å²) < 4.78 is 2.28. The van der Waals surface area contributed by atoms with Crippen LogP contribution in [-0.4, -0.2) is 14.9 Å². The van der Waals surface area contributed by atoms with E-state index in [9.17, 15) is 9.59 Å². The molecule has 1 atom stereocenters. The van der Waals surface area contributed by atoms with Crippen molar-refractivity contribution in [2.75, 3.05) is 5.33 Å². The van der Waals surface area contributed by atoms with Crippen LogP contribution in [0.15, 0.2) is 21.0 Å². The maximum absolute atomic E-state index is 12.0. The molecular weight excluding hydrogens is 328 g/mol. The summed E-state index contributed by atoms with van der Waals surface area (Å²) in [5.41, 5.74) is 0.193. The van der Waals surface area contributed by atoms with Crippen molar-refractivity contribution in [2.45, 2.75) is 27.3 Å². The number of hydrogen-bond donors (Lipinski definition) is 1. The highest BCUT2D eigenvalue weighted by molar-refractivity contribution is 9.09. The fraction of sp³-hybridized carbons (Fsp3) is 0.538. The smallest absolute Gasteiger partial charge is 0.292 e. The van der Waals surface area contributed by atoms with Gasteiger partial charge in [0.25, 0.3) is 5.56 Å². The predicted octanol–water partition coefficient (Wildman–Crippen LogP) is 2.81. The lowest BCUT2D eigenvalue weighted by atomic mass is 9.82. The molecule has 1 N–H and O–H groups in total. The number of thiophene rings is 1. The third-order valence-electron chi connectivity index (χ3n) is 3.42. The number of nitrogens with one attached hydrogen (secondary N) is 1. The van der Waals surface area contributed by atoms with E-state index in [1.807, 2.05) is 11.4 Å². The summed E-state index contributed by atoms with van der Waals surface area (Å²) in [6.45, 7) is 7.05. The van der Waals surface area contributed by atoms with Crippen molar-refractivity contribution < 1.29 is 0 Å². The summed E-state index contributed by atoms with van der Waals surface area (Å²) in [6, 6.07) is 1.84. The first-order valence-electron chi connectivity index (χ1n) is 6.11. The lowest BCUT2D eigenvalue weighted by molar-refractivity contribution is 0.239. The van der Waals surface area contributed by atoms with E-state index in [0.717, 1.165) is 10.8 Å². The van der Waals surface area contributed by atoms with Gasteiger partial charge in [0.2, 0.25) is 0 Å². The Morgan fingerprint density at radius 1 is 1.42 bits per heavy atom. The number of hydrogen-bond acceptors (Lipinski definition) is 3. The maximum atomic E-state index is 12.0. The standard InChI is InChI=1S/C13H17BrN2O2S/c1-13(2,3)8(6-14)7-16-9-4-5-19-10(9)11(17)15-12(16)18/h4-5,8H,6-7H2,1-3H3,(H,15,17,18). The lowest BCUT2D eigenvalue weighted by Crippen LogP contribution is -2.35. The minimum atomic E-state index is -0.328. The molecule has 0 saturated heterocycles. The Bertz CT molecular complexity index is 693. The van der Waals surface area contributed by atoms with Gasteiger partial charge in [0.15, 0.2) is 0 Å². The Morgan fingerprint density at radius 2 is 2.11 bits per heavy atom. The number of nitrogens with zero attached hydrogens (tertiary/aromatic N) is 1. The van der Waals surface area contributed by atoms with Gasteiger partial charge in [-0.05, 0) is 22.8 Å². The molecule has 104 valence electrons. The fourth-order valence-electron chi connectivity index (χ4n) is 1.97. The van der Waals surface area contributed by atoms with Crippen LogP contribution in [0.1, 0.15) is 20.8 Å². The monoisotopic (exact) mass is 344 g/mol. The fourth-order valence-corrected chi connectivity index (χ4v) is 3.94. The van der Waals surface area contributed by atoms with Gasteiger partial charge in [-0.25, -0.2) is 4.79 Å². The van der Waals surface area contributed by atoms with Gasteiger partial charge in [0.05, 0.1) is 5.52 Å². The van der Waals surface area contributed by atoms with E-state index >= 15 is 0 Å². The van der Waals surface area contributed by atoms with Crippen molar-refractivity contribution in [1.82, 2.24) is 9.55 Å². The van der Waals surface area contributed by atoms with E-state index in [4.69, 9.17) is 0 Å². The Kier molecular flexibility index (Phi) is 4.01. The number of halogens is 1. The van der Waals surface area contributed by atoms with Crippen LogP contribution in [0.3, 0.4) is 0 Å². The van der Waals surface area contributed by atoms with E-state index in [1.165, 1.54) is 11.3 Å². The summed E-state index contributed by atoms with van der Waals surface area (Å²) in [5, 5.41) is 2.66. The summed E-state index contributed by atoms with van der Waals surface area (Å²) in [5.74, 6) is 0.305. The molecule has 19 heavy (non-hydrogen) atoms. The molecule has 0 aliphatic heterocycles. The summed E-state index contributed by atoms with van der Waals surface area (Å²) in [7, 11) is 0. The Hall–Kier alpha value is -0.880. The molecule has 6 heteroatoms. The SMILES string of the molecule is CC(C)(C)C(CBr)Cn1c(=O)[nH]c(=O)c2sccc21. The Morgan fingerprint density at radius 3 is 2.68 bits per heavy atom. The molecule has 2 aromatic heterocycles. The van der Waals surface area contributed by atoms with Gasteiger partial charge in [-0.1, -0.05) is 36.7 Å². The van der Waals surface area contributed by atoms with Crippen LogP contribution in [0.25, 0.3) is 10.2 Å².